The Bertz CT molecular complexity index is 1100. The third kappa shape index (κ3) is 5.95. The van der Waals surface area contributed by atoms with E-state index in [1.807, 2.05) is 30.3 Å². The van der Waals surface area contributed by atoms with E-state index in [4.69, 9.17) is 27.9 Å². The van der Waals surface area contributed by atoms with E-state index in [2.05, 4.69) is 0 Å². The summed E-state index contributed by atoms with van der Waals surface area (Å²) in [6, 6.07) is 10.9. The largest absolute Gasteiger partial charge is 0.389 e. The maximum Gasteiger partial charge on any atom is 0.248 e. The summed E-state index contributed by atoms with van der Waals surface area (Å²) in [5.74, 6) is -0.151. The first kappa shape index (κ1) is 25.9. The number of hydrogen-bond donors (Lipinski definition) is 1. The van der Waals surface area contributed by atoms with Crippen molar-refractivity contribution < 1.29 is 23.1 Å². The number of halogens is 2. The van der Waals surface area contributed by atoms with Crippen molar-refractivity contribution in [2.24, 2.45) is 0 Å². The van der Waals surface area contributed by atoms with Crippen LogP contribution in [0.2, 0.25) is 8.67 Å². The van der Waals surface area contributed by atoms with Crippen molar-refractivity contribution in [3.8, 4) is 0 Å². The Kier molecular flexibility index (Phi) is 8.24. The summed E-state index contributed by atoms with van der Waals surface area (Å²) >= 11 is 13.0. The number of hydrogen-bond acceptors (Lipinski definition) is 6. The van der Waals surface area contributed by atoms with Gasteiger partial charge in [-0.25, -0.2) is 8.42 Å². The lowest BCUT2D eigenvalue weighted by atomic mass is 9.85. The number of rotatable bonds is 8. The van der Waals surface area contributed by atoms with Crippen LogP contribution in [-0.2, 0) is 26.0 Å². The van der Waals surface area contributed by atoms with Crippen LogP contribution in [0.3, 0.4) is 0 Å². The third-order valence-corrected chi connectivity index (χ3v) is 10.2. The first-order valence-corrected chi connectivity index (χ1v) is 14.3. The van der Waals surface area contributed by atoms with Crippen molar-refractivity contribution in [1.82, 2.24) is 9.21 Å². The van der Waals surface area contributed by atoms with Gasteiger partial charge in [0, 0.05) is 32.1 Å². The molecule has 1 aromatic carbocycles. The highest BCUT2D eigenvalue weighted by Gasteiger charge is 2.38. The molecule has 1 unspecified atom stereocenters. The highest BCUT2D eigenvalue weighted by molar-refractivity contribution is 7.89. The number of benzene rings is 1. The standard InChI is InChI=1S/C23H28Cl2N2O5S2/c24-20-13-19(22(25)33-20)34(30,31)27-10-4-7-18(27)15-32-16-21(28)26-11-8-23(29,9-12-26)14-17-5-2-1-3-6-17/h1-3,5-6,13,18,29H,4,7-12,14-16H2. The minimum absolute atomic E-state index is 0.0171. The maximum absolute atomic E-state index is 13.1. The van der Waals surface area contributed by atoms with Crippen LogP contribution in [0.5, 0.6) is 0 Å². The fourth-order valence-electron chi connectivity index (χ4n) is 4.62. The van der Waals surface area contributed by atoms with E-state index in [0.717, 1.165) is 16.9 Å². The van der Waals surface area contributed by atoms with E-state index in [1.165, 1.54) is 10.4 Å². The zero-order valence-electron chi connectivity index (χ0n) is 18.7. The number of carbonyl (C=O) groups is 1. The fourth-order valence-corrected chi connectivity index (χ4v) is 8.41. The van der Waals surface area contributed by atoms with Crippen molar-refractivity contribution in [1.29, 1.82) is 0 Å². The van der Waals surface area contributed by atoms with Gasteiger partial charge in [-0.15, -0.1) is 11.3 Å². The fraction of sp³-hybridized carbons (Fsp3) is 0.522. The number of sulfonamides is 1. The van der Waals surface area contributed by atoms with Gasteiger partial charge in [0.1, 0.15) is 15.8 Å². The SMILES string of the molecule is O=C(COCC1CCCN1S(=O)(=O)c1cc(Cl)sc1Cl)N1CCC(O)(Cc2ccccc2)CC1. The first-order chi connectivity index (χ1) is 16.2. The molecule has 0 saturated carbocycles. The van der Waals surface area contributed by atoms with Crippen LogP contribution in [0.25, 0.3) is 0 Å². The monoisotopic (exact) mass is 546 g/mol. The van der Waals surface area contributed by atoms with Crippen LogP contribution in [0.15, 0.2) is 41.3 Å². The van der Waals surface area contributed by atoms with Gasteiger partial charge in [-0.3, -0.25) is 4.79 Å². The molecule has 1 atom stereocenters. The van der Waals surface area contributed by atoms with E-state index in [1.54, 1.807) is 4.90 Å². The summed E-state index contributed by atoms with van der Waals surface area (Å²) in [7, 11) is -3.78. The van der Waals surface area contributed by atoms with Gasteiger partial charge in [-0.1, -0.05) is 53.5 Å². The summed E-state index contributed by atoms with van der Waals surface area (Å²) in [5.41, 5.74) is 0.263. The van der Waals surface area contributed by atoms with Crippen LogP contribution >= 0.6 is 34.5 Å². The van der Waals surface area contributed by atoms with Gasteiger partial charge >= 0.3 is 0 Å². The molecule has 7 nitrogen and oxygen atoms in total. The summed E-state index contributed by atoms with van der Waals surface area (Å²) in [6.07, 6.45) is 2.94. The summed E-state index contributed by atoms with van der Waals surface area (Å²) in [5, 5.41) is 10.9. The van der Waals surface area contributed by atoms with Crippen LogP contribution < -0.4 is 0 Å². The molecule has 0 aliphatic carbocycles. The van der Waals surface area contributed by atoms with Crippen LogP contribution in [0.1, 0.15) is 31.2 Å². The molecule has 3 heterocycles. The molecule has 1 aromatic heterocycles. The Hall–Kier alpha value is -1.20. The molecular formula is C23H28Cl2N2O5S2. The van der Waals surface area contributed by atoms with Gasteiger partial charge in [0.15, 0.2) is 0 Å². The minimum Gasteiger partial charge on any atom is -0.389 e. The molecule has 1 N–H and O–H groups in total. The van der Waals surface area contributed by atoms with Gasteiger partial charge in [-0.2, -0.15) is 4.31 Å². The molecule has 0 spiro atoms. The van der Waals surface area contributed by atoms with Crippen molar-refractivity contribution in [2.45, 2.75) is 48.6 Å². The molecule has 2 aliphatic rings. The number of carbonyl (C=O) groups excluding carboxylic acids is 1. The van der Waals surface area contributed by atoms with E-state index in [-0.39, 0.29) is 34.4 Å². The highest BCUT2D eigenvalue weighted by Crippen LogP contribution is 2.37. The number of ether oxygens (including phenoxy) is 1. The summed E-state index contributed by atoms with van der Waals surface area (Å²) in [6.45, 7) is 1.32. The normalized spacial score (nSPS) is 21.1. The number of amides is 1. The molecule has 11 heteroatoms. The van der Waals surface area contributed by atoms with E-state index >= 15 is 0 Å². The number of likely N-dealkylation sites (tertiary alicyclic amines) is 1. The number of thiophene rings is 1. The Morgan fingerprint density at radius 3 is 2.53 bits per heavy atom. The number of piperidine rings is 1. The molecule has 2 aromatic rings. The van der Waals surface area contributed by atoms with Gasteiger partial charge < -0.3 is 14.7 Å². The predicted octanol–water partition coefficient (Wildman–Crippen LogP) is 3.82. The molecular weight excluding hydrogens is 519 g/mol. The lowest BCUT2D eigenvalue weighted by Crippen LogP contribution is -2.48. The van der Waals surface area contributed by atoms with Crippen LogP contribution in [0, 0.1) is 0 Å². The second kappa shape index (κ2) is 10.8. The van der Waals surface area contributed by atoms with Gasteiger partial charge in [0.05, 0.1) is 16.5 Å². The molecule has 1 amide bonds. The molecule has 2 aliphatic heterocycles. The molecule has 34 heavy (non-hydrogen) atoms. The molecule has 2 fully saturated rings. The second-order valence-electron chi connectivity index (χ2n) is 8.88. The number of aliphatic hydroxyl groups is 1. The minimum atomic E-state index is -3.78. The van der Waals surface area contributed by atoms with Gasteiger partial charge in [0.25, 0.3) is 0 Å². The quantitative estimate of drug-likeness (QED) is 0.543. The Balaban J connectivity index is 1.26. The molecule has 0 radical (unpaired) electrons. The van der Waals surface area contributed by atoms with E-state index in [0.29, 0.717) is 56.1 Å². The highest BCUT2D eigenvalue weighted by atomic mass is 35.5. The van der Waals surface area contributed by atoms with E-state index in [9.17, 15) is 18.3 Å². The van der Waals surface area contributed by atoms with Crippen molar-refractivity contribution in [3.05, 3.63) is 50.6 Å². The lowest BCUT2D eigenvalue weighted by molar-refractivity contribution is -0.140. The maximum atomic E-state index is 13.1. The zero-order valence-corrected chi connectivity index (χ0v) is 21.8. The van der Waals surface area contributed by atoms with Crippen molar-refractivity contribution in [2.75, 3.05) is 32.8 Å². The van der Waals surface area contributed by atoms with Crippen molar-refractivity contribution in [3.63, 3.8) is 0 Å². The molecule has 186 valence electrons. The first-order valence-electron chi connectivity index (χ1n) is 11.3. The predicted molar refractivity (Wildman–Crippen MR) is 133 cm³/mol. The smallest absolute Gasteiger partial charge is 0.248 e. The molecule has 4 rings (SSSR count). The number of nitrogens with zero attached hydrogens (tertiary/aromatic N) is 2. The average molecular weight is 548 g/mol. The zero-order chi connectivity index (χ0) is 24.3. The third-order valence-electron chi connectivity index (χ3n) is 6.49. The van der Waals surface area contributed by atoms with E-state index < -0.39 is 15.6 Å². The van der Waals surface area contributed by atoms with Gasteiger partial charge in [-0.05, 0) is 37.3 Å². The molecule has 0 bridgehead atoms. The second-order valence-corrected chi connectivity index (χ2v) is 13.0. The topological polar surface area (TPSA) is 87.2 Å². The van der Waals surface area contributed by atoms with Gasteiger partial charge in [0.2, 0.25) is 15.9 Å². The Morgan fingerprint density at radius 1 is 1.18 bits per heavy atom. The molecule has 2 saturated heterocycles. The van der Waals surface area contributed by atoms with Crippen LogP contribution in [0.4, 0.5) is 0 Å². The Labute approximate surface area is 214 Å². The Morgan fingerprint density at radius 2 is 1.88 bits per heavy atom. The lowest BCUT2D eigenvalue weighted by Gasteiger charge is -2.38. The summed E-state index contributed by atoms with van der Waals surface area (Å²) in [4.78, 5) is 14.4. The average Bonchev–Trinajstić information content (AvgIpc) is 3.41. The summed E-state index contributed by atoms with van der Waals surface area (Å²) < 4.78 is 33.6. The van der Waals surface area contributed by atoms with Crippen molar-refractivity contribution >= 4 is 50.5 Å². The van der Waals surface area contributed by atoms with Crippen LogP contribution in [-0.4, -0.2) is 73.1 Å².